The summed E-state index contributed by atoms with van der Waals surface area (Å²) in [7, 11) is 0. The molecule has 0 radical (unpaired) electrons. The van der Waals surface area contributed by atoms with E-state index in [9.17, 15) is 0 Å². The van der Waals surface area contributed by atoms with Crippen molar-refractivity contribution in [3.63, 3.8) is 0 Å². The summed E-state index contributed by atoms with van der Waals surface area (Å²) < 4.78 is 0. The number of aromatic nitrogens is 2. The minimum atomic E-state index is 0.0616. The Morgan fingerprint density at radius 3 is 2.03 bits per heavy atom. The topological polar surface area (TPSA) is 56.3 Å². The van der Waals surface area contributed by atoms with Crippen LogP contribution in [0.4, 0.5) is 17.6 Å². The van der Waals surface area contributed by atoms with E-state index >= 15 is 0 Å². The number of rotatable bonds is 6. The standard InChI is InChI=1S/C27H37ClN6S/c28-22-11-9-10-21(18-22)27(12-3-4-13-27)20-29-26(35)32-25-30-23(33-14-5-1-6-15-33)19-24(31-25)34-16-7-2-8-17-34/h9-11,18-19H,1-8,12-17,20H2,(H2,29,30,31,32,35). The lowest BCUT2D eigenvalue weighted by Crippen LogP contribution is -2.41. The van der Waals surface area contributed by atoms with Crippen molar-refractivity contribution in [2.75, 3.05) is 47.8 Å². The lowest BCUT2D eigenvalue weighted by atomic mass is 9.79. The number of benzene rings is 1. The summed E-state index contributed by atoms with van der Waals surface area (Å²) in [6.07, 6.45) is 12.2. The van der Waals surface area contributed by atoms with Crippen molar-refractivity contribution in [2.45, 2.75) is 69.6 Å². The van der Waals surface area contributed by atoms with Crippen LogP contribution in [-0.2, 0) is 5.41 Å². The number of hydrogen-bond donors (Lipinski definition) is 2. The average molecular weight is 513 g/mol. The summed E-state index contributed by atoms with van der Waals surface area (Å²) in [6.45, 7) is 5.01. The number of nitrogens with one attached hydrogen (secondary N) is 2. The smallest absolute Gasteiger partial charge is 0.232 e. The molecular weight excluding hydrogens is 476 g/mol. The van der Waals surface area contributed by atoms with Gasteiger partial charge in [0.2, 0.25) is 5.95 Å². The number of piperidine rings is 2. The van der Waals surface area contributed by atoms with Crippen LogP contribution in [0, 0.1) is 0 Å². The van der Waals surface area contributed by atoms with E-state index in [0.717, 1.165) is 62.2 Å². The molecule has 1 aromatic carbocycles. The minimum absolute atomic E-state index is 0.0616. The van der Waals surface area contributed by atoms with Crippen LogP contribution in [-0.4, -0.2) is 47.8 Å². The molecule has 6 nitrogen and oxygen atoms in total. The van der Waals surface area contributed by atoms with Gasteiger partial charge in [0.15, 0.2) is 5.11 Å². The normalized spacial score (nSPS) is 20.0. The Hall–Kier alpha value is -2.12. The van der Waals surface area contributed by atoms with Gasteiger partial charge in [0, 0.05) is 49.2 Å². The highest BCUT2D eigenvalue weighted by Crippen LogP contribution is 2.41. The summed E-state index contributed by atoms with van der Waals surface area (Å²) in [5, 5.41) is 8.20. The van der Waals surface area contributed by atoms with E-state index in [-0.39, 0.29) is 5.41 Å². The van der Waals surface area contributed by atoms with Gasteiger partial charge < -0.3 is 20.4 Å². The zero-order chi connectivity index (χ0) is 24.1. The van der Waals surface area contributed by atoms with Crippen molar-refractivity contribution in [1.82, 2.24) is 15.3 Å². The first-order valence-electron chi connectivity index (χ1n) is 13.3. The number of thiocarbonyl (C=S) groups is 1. The van der Waals surface area contributed by atoms with Crippen LogP contribution in [0.5, 0.6) is 0 Å². The van der Waals surface area contributed by atoms with Gasteiger partial charge in [0.25, 0.3) is 0 Å². The molecule has 8 heteroatoms. The Labute approximate surface area is 219 Å². The average Bonchev–Trinajstić information content (AvgIpc) is 3.39. The zero-order valence-electron chi connectivity index (χ0n) is 20.6. The van der Waals surface area contributed by atoms with Crippen LogP contribution >= 0.6 is 23.8 Å². The lowest BCUT2D eigenvalue weighted by Gasteiger charge is -2.32. The second kappa shape index (κ2) is 11.3. The molecule has 0 unspecified atom stereocenters. The maximum absolute atomic E-state index is 6.33. The highest BCUT2D eigenvalue weighted by atomic mass is 35.5. The first kappa shape index (κ1) is 24.6. The Morgan fingerprint density at radius 2 is 1.46 bits per heavy atom. The molecule has 2 aromatic rings. The van der Waals surface area contributed by atoms with Gasteiger partial charge in [-0.05, 0) is 81.3 Å². The van der Waals surface area contributed by atoms with Crippen LogP contribution in [0.25, 0.3) is 0 Å². The molecule has 2 saturated heterocycles. The molecule has 2 aliphatic heterocycles. The predicted molar refractivity (Wildman–Crippen MR) is 150 cm³/mol. The monoisotopic (exact) mass is 512 g/mol. The third-order valence-electron chi connectivity index (χ3n) is 7.87. The summed E-state index contributed by atoms with van der Waals surface area (Å²) in [6, 6.07) is 10.5. The van der Waals surface area contributed by atoms with E-state index < -0.39 is 0 Å². The van der Waals surface area contributed by atoms with E-state index in [2.05, 4.69) is 44.7 Å². The van der Waals surface area contributed by atoms with Gasteiger partial charge in [-0.25, -0.2) is 0 Å². The van der Waals surface area contributed by atoms with Gasteiger partial charge >= 0.3 is 0 Å². The lowest BCUT2D eigenvalue weighted by molar-refractivity contribution is 0.435. The Balaban J connectivity index is 1.31. The second-order valence-electron chi connectivity index (χ2n) is 10.3. The van der Waals surface area contributed by atoms with Gasteiger partial charge in [-0.2, -0.15) is 9.97 Å². The first-order chi connectivity index (χ1) is 17.1. The van der Waals surface area contributed by atoms with Crippen molar-refractivity contribution in [3.05, 3.63) is 40.9 Å². The fraction of sp³-hybridized carbons (Fsp3) is 0.593. The quantitative estimate of drug-likeness (QED) is 0.466. The maximum atomic E-state index is 6.33. The van der Waals surface area contributed by atoms with E-state index in [4.69, 9.17) is 33.8 Å². The summed E-state index contributed by atoms with van der Waals surface area (Å²) in [4.78, 5) is 14.6. The SMILES string of the molecule is S=C(NCC1(c2cccc(Cl)c2)CCCC1)Nc1nc(N2CCCCC2)cc(N2CCCCC2)n1. The number of halogens is 1. The largest absolute Gasteiger partial charge is 0.361 e. The fourth-order valence-corrected chi connectivity index (χ4v) is 6.23. The zero-order valence-corrected chi connectivity index (χ0v) is 22.1. The second-order valence-corrected chi connectivity index (χ2v) is 11.2. The van der Waals surface area contributed by atoms with Gasteiger partial charge in [-0.15, -0.1) is 0 Å². The van der Waals surface area contributed by atoms with Gasteiger partial charge in [-0.1, -0.05) is 36.6 Å². The third kappa shape index (κ3) is 6.00. The fourth-order valence-electron chi connectivity index (χ4n) is 5.88. The molecule has 3 heterocycles. The summed E-state index contributed by atoms with van der Waals surface area (Å²) in [5.41, 5.74) is 1.36. The van der Waals surface area contributed by atoms with Crippen molar-refractivity contribution in [2.24, 2.45) is 0 Å². The van der Waals surface area contributed by atoms with E-state index in [1.165, 1.54) is 56.9 Å². The highest BCUT2D eigenvalue weighted by Gasteiger charge is 2.35. The first-order valence-corrected chi connectivity index (χ1v) is 14.1. The molecule has 0 spiro atoms. The molecule has 0 amide bonds. The molecule has 1 saturated carbocycles. The van der Waals surface area contributed by atoms with Gasteiger partial charge in [-0.3, -0.25) is 0 Å². The van der Waals surface area contributed by atoms with Crippen molar-refractivity contribution >= 4 is 46.5 Å². The van der Waals surface area contributed by atoms with Crippen LogP contribution < -0.4 is 20.4 Å². The molecule has 3 aliphatic rings. The third-order valence-corrected chi connectivity index (χ3v) is 8.35. The highest BCUT2D eigenvalue weighted by molar-refractivity contribution is 7.80. The van der Waals surface area contributed by atoms with Gasteiger partial charge in [0.05, 0.1) is 0 Å². The van der Waals surface area contributed by atoms with Crippen LogP contribution in [0.3, 0.4) is 0 Å². The molecule has 3 fully saturated rings. The van der Waals surface area contributed by atoms with Crippen molar-refractivity contribution in [1.29, 1.82) is 0 Å². The maximum Gasteiger partial charge on any atom is 0.232 e. The molecule has 0 bridgehead atoms. The molecule has 2 N–H and O–H groups in total. The van der Waals surface area contributed by atoms with Crippen LogP contribution in [0.1, 0.15) is 69.8 Å². The molecule has 188 valence electrons. The van der Waals surface area contributed by atoms with Crippen molar-refractivity contribution in [3.8, 4) is 0 Å². The van der Waals surface area contributed by atoms with Crippen LogP contribution in [0.15, 0.2) is 30.3 Å². The molecule has 0 atom stereocenters. The molecular formula is C27H37ClN6S. The van der Waals surface area contributed by atoms with E-state index in [1.54, 1.807) is 0 Å². The molecule has 1 aromatic heterocycles. The number of anilines is 3. The Bertz CT molecular complexity index is 976. The molecule has 5 rings (SSSR count). The Morgan fingerprint density at radius 1 is 0.857 bits per heavy atom. The Kier molecular flexibility index (Phi) is 7.93. The van der Waals surface area contributed by atoms with Crippen LogP contribution in [0.2, 0.25) is 5.02 Å². The minimum Gasteiger partial charge on any atom is -0.361 e. The summed E-state index contributed by atoms with van der Waals surface area (Å²) in [5.74, 6) is 2.61. The van der Waals surface area contributed by atoms with E-state index in [1.807, 2.05) is 6.07 Å². The van der Waals surface area contributed by atoms with Crippen molar-refractivity contribution < 1.29 is 0 Å². The number of hydrogen-bond acceptors (Lipinski definition) is 5. The molecule has 35 heavy (non-hydrogen) atoms. The number of nitrogens with zero attached hydrogens (tertiary/aromatic N) is 4. The predicted octanol–water partition coefficient (Wildman–Crippen LogP) is 5.91. The molecule has 1 aliphatic carbocycles. The van der Waals surface area contributed by atoms with E-state index in [0.29, 0.717) is 11.1 Å². The van der Waals surface area contributed by atoms with Gasteiger partial charge in [0.1, 0.15) is 11.6 Å². The summed E-state index contributed by atoms with van der Waals surface area (Å²) >= 11 is 12.1.